The summed E-state index contributed by atoms with van der Waals surface area (Å²) >= 11 is 6.47. The van der Waals surface area contributed by atoms with Crippen LogP contribution in [0.3, 0.4) is 0 Å². The third-order valence-electron chi connectivity index (χ3n) is 2.34. The lowest BCUT2D eigenvalue weighted by atomic mass is 10.2. The van der Waals surface area contributed by atoms with Gasteiger partial charge in [-0.05, 0) is 56.1 Å². The van der Waals surface area contributed by atoms with E-state index in [2.05, 4.69) is 52.7 Å². The van der Waals surface area contributed by atoms with Crippen LogP contribution in [0.15, 0.2) is 33.3 Å². The van der Waals surface area contributed by atoms with Crippen LogP contribution < -0.4 is 10.6 Å². The van der Waals surface area contributed by atoms with Crippen LogP contribution in [0.2, 0.25) is 0 Å². The molecule has 0 aliphatic carbocycles. The Morgan fingerprint density at radius 3 is 2.10 bits per heavy atom. The molecular formula is C12H10Br2N4O2. The summed E-state index contributed by atoms with van der Waals surface area (Å²) in [4.78, 5) is 22.9. The van der Waals surface area contributed by atoms with E-state index < -0.39 is 0 Å². The predicted octanol–water partition coefficient (Wildman–Crippen LogP) is 3.15. The smallest absolute Gasteiger partial charge is 0.277 e. The molecule has 0 saturated heterocycles. The molecule has 104 valence electrons. The van der Waals surface area contributed by atoms with Crippen LogP contribution in [0.4, 0.5) is 11.4 Å². The summed E-state index contributed by atoms with van der Waals surface area (Å²) in [6, 6.07) is 6.79. The van der Waals surface area contributed by atoms with Crippen LogP contribution in [-0.2, 0) is 4.79 Å². The number of aromatic amines is 1. The first kappa shape index (κ1) is 14.7. The van der Waals surface area contributed by atoms with Gasteiger partial charge in [-0.15, -0.1) is 0 Å². The van der Waals surface area contributed by atoms with E-state index in [0.29, 0.717) is 20.5 Å². The Labute approximate surface area is 131 Å². The van der Waals surface area contributed by atoms with Gasteiger partial charge < -0.3 is 10.6 Å². The maximum Gasteiger partial charge on any atom is 0.277 e. The number of benzene rings is 1. The number of H-pyrrole nitrogens is 1. The Balaban J connectivity index is 2.08. The largest absolute Gasteiger partial charge is 0.326 e. The van der Waals surface area contributed by atoms with Gasteiger partial charge in [-0.3, -0.25) is 14.7 Å². The van der Waals surface area contributed by atoms with Crippen molar-refractivity contribution in [2.75, 3.05) is 10.6 Å². The number of anilines is 2. The van der Waals surface area contributed by atoms with Crippen molar-refractivity contribution < 1.29 is 9.59 Å². The van der Waals surface area contributed by atoms with E-state index in [4.69, 9.17) is 0 Å². The first-order chi connectivity index (χ1) is 9.47. The molecule has 1 aromatic carbocycles. The zero-order valence-corrected chi connectivity index (χ0v) is 13.5. The molecule has 0 unspecified atom stereocenters. The molecule has 0 bridgehead atoms. The molecule has 8 heteroatoms. The zero-order valence-electron chi connectivity index (χ0n) is 10.3. The normalized spacial score (nSPS) is 10.2. The highest BCUT2D eigenvalue weighted by Crippen LogP contribution is 2.24. The summed E-state index contributed by atoms with van der Waals surface area (Å²) < 4.78 is 1.16. The summed E-state index contributed by atoms with van der Waals surface area (Å²) in [6.45, 7) is 1.43. The first-order valence-corrected chi connectivity index (χ1v) is 7.14. The highest BCUT2D eigenvalue weighted by Gasteiger charge is 2.16. The van der Waals surface area contributed by atoms with Crippen molar-refractivity contribution in [1.82, 2.24) is 10.2 Å². The Kier molecular flexibility index (Phi) is 4.56. The van der Waals surface area contributed by atoms with Gasteiger partial charge in [0.05, 0.1) is 4.47 Å². The Morgan fingerprint density at radius 2 is 1.65 bits per heavy atom. The fourth-order valence-corrected chi connectivity index (χ4v) is 2.12. The van der Waals surface area contributed by atoms with E-state index in [-0.39, 0.29) is 17.5 Å². The molecule has 0 saturated carbocycles. The van der Waals surface area contributed by atoms with Crippen LogP contribution in [0.25, 0.3) is 0 Å². The number of nitrogens with zero attached hydrogens (tertiary/aromatic N) is 1. The molecule has 2 amide bonds. The second kappa shape index (κ2) is 6.19. The Morgan fingerprint density at radius 1 is 1.10 bits per heavy atom. The number of halogens is 2. The Bertz CT molecular complexity index is 652. The van der Waals surface area contributed by atoms with Crippen LogP contribution >= 0.6 is 31.9 Å². The third kappa shape index (κ3) is 3.45. The summed E-state index contributed by atoms with van der Waals surface area (Å²) in [5.74, 6) is -0.488. The molecular weight excluding hydrogens is 392 g/mol. The summed E-state index contributed by atoms with van der Waals surface area (Å²) in [5.41, 5.74) is 1.53. The number of hydrogen-bond acceptors (Lipinski definition) is 3. The minimum Gasteiger partial charge on any atom is -0.326 e. The van der Waals surface area contributed by atoms with E-state index in [0.717, 1.165) is 0 Å². The molecule has 0 atom stereocenters. The molecule has 2 aromatic rings. The van der Waals surface area contributed by atoms with Gasteiger partial charge in [0, 0.05) is 18.3 Å². The highest BCUT2D eigenvalue weighted by atomic mass is 79.9. The molecule has 2 rings (SSSR count). The molecule has 0 aliphatic rings. The number of nitrogens with one attached hydrogen (secondary N) is 3. The molecule has 0 fully saturated rings. The van der Waals surface area contributed by atoms with Crippen molar-refractivity contribution in [3.8, 4) is 0 Å². The fraction of sp³-hybridized carbons (Fsp3) is 0.0833. The number of carbonyl (C=O) groups excluding carboxylic acids is 2. The van der Waals surface area contributed by atoms with E-state index in [1.165, 1.54) is 6.92 Å². The maximum absolute atomic E-state index is 12.0. The van der Waals surface area contributed by atoms with Crippen LogP contribution in [-0.4, -0.2) is 22.0 Å². The lowest BCUT2D eigenvalue weighted by molar-refractivity contribution is -0.114. The van der Waals surface area contributed by atoms with Crippen LogP contribution in [0.5, 0.6) is 0 Å². The van der Waals surface area contributed by atoms with Crippen molar-refractivity contribution in [3.63, 3.8) is 0 Å². The molecule has 1 aromatic heterocycles. The minimum absolute atomic E-state index is 0.146. The quantitative estimate of drug-likeness (QED) is 0.738. The highest BCUT2D eigenvalue weighted by molar-refractivity contribution is 9.13. The Hall–Kier alpha value is -1.67. The summed E-state index contributed by atoms with van der Waals surface area (Å²) in [6.07, 6.45) is 0. The van der Waals surface area contributed by atoms with Gasteiger partial charge in [-0.1, -0.05) is 0 Å². The first-order valence-electron chi connectivity index (χ1n) is 5.55. The lowest BCUT2D eigenvalue weighted by Gasteiger charge is -2.06. The van der Waals surface area contributed by atoms with Crippen molar-refractivity contribution >= 4 is 55.0 Å². The van der Waals surface area contributed by atoms with E-state index >= 15 is 0 Å². The number of amides is 2. The molecule has 3 N–H and O–H groups in total. The SMILES string of the molecule is CC(=O)Nc1ccc(NC(=O)c2n[nH]c(Br)c2Br)cc1. The zero-order chi connectivity index (χ0) is 14.7. The molecule has 0 aliphatic heterocycles. The van der Waals surface area contributed by atoms with E-state index in [9.17, 15) is 9.59 Å². The van der Waals surface area contributed by atoms with Gasteiger partial charge >= 0.3 is 0 Å². The topological polar surface area (TPSA) is 86.9 Å². The van der Waals surface area contributed by atoms with Gasteiger partial charge in [0.2, 0.25) is 5.91 Å². The van der Waals surface area contributed by atoms with Crippen LogP contribution in [0, 0.1) is 0 Å². The van der Waals surface area contributed by atoms with Gasteiger partial charge in [-0.25, -0.2) is 0 Å². The van der Waals surface area contributed by atoms with Crippen molar-refractivity contribution in [2.24, 2.45) is 0 Å². The molecule has 20 heavy (non-hydrogen) atoms. The second-order valence-electron chi connectivity index (χ2n) is 3.91. The lowest BCUT2D eigenvalue weighted by Crippen LogP contribution is -2.13. The number of carbonyl (C=O) groups is 2. The van der Waals surface area contributed by atoms with Crippen molar-refractivity contribution in [1.29, 1.82) is 0 Å². The van der Waals surface area contributed by atoms with Gasteiger partial charge in [0.1, 0.15) is 4.60 Å². The second-order valence-corrected chi connectivity index (χ2v) is 5.50. The maximum atomic E-state index is 12.0. The van der Waals surface area contributed by atoms with Gasteiger partial charge in [-0.2, -0.15) is 5.10 Å². The molecule has 0 spiro atoms. The van der Waals surface area contributed by atoms with Crippen LogP contribution in [0.1, 0.15) is 17.4 Å². The standard InChI is InChI=1S/C12H10Br2N4O2/c1-6(19)15-7-2-4-8(5-3-7)16-12(20)10-9(13)11(14)18-17-10/h2-5H,1H3,(H,15,19)(H,16,20)(H,17,18). The average molecular weight is 402 g/mol. The van der Waals surface area contributed by atoms with Gasteiger partial charge in [0.15, 0.2) is 5.69 Å². The predicted molar refractivity (Wildman–Crippen MR) is 82.7 cm³/mol. The summed E-state index contributed by atoms with van der Waals surface area (Å²) in [7, 11) is 0. The van der Waals surface area contributed by atoms with Crippen molar-refractivity contribution in [3.05, 3.63) is 39.0 Å². The fourth-order valence-electron chi connectivity index (χ4n) is 1.49. The monoisotopic (exact) mass is 400 g/mol. The minimum atomic E-state index is -0.342. The molecule has 1 heterocycles. The number of hydrogen-bond donors (Lipinski definition) is 3. The number of rotatable bonds is 3. The molecule has 6 nitrogen and oxygen atoms in total. The third-order valence-corrected chi connectivity index (χ3v) is 4.22. The van der Waals surface area contributed by atoms with E-state index in [1.807, 2.05) is 0 Å². The number of aromatic nitrogens is 2. The van der Waals surface area contributed by atoms with Gasteiger partial charge in [0.25, 0.3) is 5.91 Å². The van der Waals surface area contributed by atoms with Crippen molar-refractivity contribution in [2.45, 2.75) is 6.92 Å². The summed E-state index contributed by atoms with van der Waals surface area (Å²) in [5, 5.41) is 11.9. The average Bonchev–Trinajstić information content (AvgIpc) is 2.72. The molecule has 0 radical (unpaired) electrons. The van der Waals surface area contributed by atoms with E-state index in [1.54, 1.807) is 24.3 Å².